The molecule has 0 N–H and O–H groups in total. The van der Waals surface area contributed by atoms with Gasteiger partial charge in [-0.3, -0.25) is 0 Å². The van der Waals surface area contributed by atoms with Crippen molar-refractivity contribution in [2.45, 2.75) is 27.1 Å². The molecule has 1 aromatic rings. The largest absolute Gasteiger partial charge is 0.348 e. The average molecular weight is 208 g/mol. The summed E-state index contributed by atoms with van der Waals surface area (Å²) in [5.74, 6) is 0.514. The summed E-state index contributed by atoms with van der Waals surface area (Å²) < 4.78 is 11.1. The summed E-state index contributed by atoms with van der Waals surface area (Å²) in [4.78, 5) is 0. The Bertz CT molecular complexity index is 250. The zero-order chi connectivity index (χ0) is 11.1. The van der Waals surface area contributed by atoms with Gasteiger partial charge in [-0.2, -0.15) is 0 Å². The van der Waals surface area contributed by atoms with Crippen LogP contribution in [-0.4, -0.2) is 13.2 Å². The minimum atomic E-state index is -0.155. The molecular formula is C13H20O2. The van der Waals surface area contributed by atoms with E-state index < -0.39 is 0 Å². The van der Waals surface area contributed by atoms with E-state index in [1.54, 1.807) is 0 Å². The summed E-state index contributed by atoms with van der Waals surface area (Å²) in [7, 11) is 0. The van der Waals surface area contributed by atoms with Gasteiger partial charge in [0.1, 0.15) is 0 Å². The molecule has 2 heteroatoms. The quantitative estimate of drug-likeness (QED) is 0.704. The molecule has 2 rings (SSSR count). The van der Waals surface area contributed by atoms with Crippen LogP contribution in [0.25, 0.3) is 0 Å². The highest BCUT2D eigenvalue weighted by atomic mass is 16.7. The van der Waals surface area contributed by atoms with E-state index in [9.17, 15) is 0 Å². The summed E-state index contributed by atoms with van der Waals surface area (Å²) in [5, 5.41) is 0. The van der Waals surface area contributed by atoms with Crippen molar-refractivity contribution in [3.8, 4) is 0 Å². The Balaban J connectivity index is 0.000000531. The molecule has 0 aliphatic carbocycles. The normalized spacial score (nSPS) is 25.3. The van der Waals surface area contributed by atoms with Gasteiger partial charge in [-0.1, -0.05) is 51.1 Å². The third-order valence-corrected chi connectivity index (χ3v) is 2.14. The standard InChI is InChI=1S/C11H14O2.C2H6/c1-9-7-12-11(13-8-9)10-5-3-2-4-6-10;1-2/h2-6,9,11H,7-8H2,1H3;1-2H3. The van der Waals surface area contributed by atoms with Crippen LogP contribution in [0.1, 0.15) is 32.6 Å². The molecule has 0 aromatic heterocycles. The summed E-state index contributed by atoms with van der Waals surface area (Å²) in [6.45, 7) is 7.71. The highest BCUT2D eigenvalue weighted by Crippen LogP contribution is 2.24. The van der Waals surface area contributed by atoms with Crippen LogP contribution in [0.4, 0.5) is 0 Å². The first-order valence-electron chi connectivity index (χ1n) is 5.64. The molecule has 84 valence electrons. The minimum Gasteiger partial charge on any atom is -0.348 e. The van der Waals surface area contributed by atoms with Crippen molar-refractivity contribution in [3.05, 3.63) is 35.9 Å². The Morgan fingerprint density at radius 2 is 1.53 bits per heavy atom. The first-order chi connectivity index (χ1) is 7.36. The maximum Gasteiger partial charge on any atom is 0.183 e. The maximum atomic E-state index is 5.55. The van der Waals surface area contributed by atoms with E-state index in [4.69, 9.17) is 9.47 Å². The first-order valence-corrected chi connectivity index (χ1v) is 5.64. The fraction of sp³-hybridized carbons (Fsp3) is 0.538. The minimum absolute atomic E-state index is 0.155. The van der Waals surface area contributed by atoms with E-state index in [0.29, 0.717) is 5.92 Å². The van der Waals surface area contributed by atoms with Crippen LogP contribution in [0.2, 0.25) is 0 Å². The summed E-state index contributed by atoms with van der Waals surface area (Å²) in [6, 6.07) is 10.1. The molecule has 1 heterocycles. The second-order valence-electron chi connectivity index (χ2n) is 3.51. The molecule has 1 aromatic carbocycles. The van der Waals surface area contributed by atoms with Gasteiger partial charge >= 0.3 is 0 Å². The second kappa shape index (κ2) is 6.59. The van der Waals surface area contributed by atoms with Crippen LogP contribution in [0, 0.1) is 5.92 Å². The van der Waals surface area contributed by atoms with Gasteiger partial charge in [-0.25, -0.2) is 0 Å². The van der Waals surface area contributed by atoms with E-state index in [1.807, 2.05) is 44.2 Å². The van der Waals surface area contributed by atoms with Crippen LogP contribution < -0.4 is 0 Å². The van der Waals surface area contributed by atoms with Crippen molar-refractivity contribution in [3.63, 3.8) is 0 Å². The van der Waals surface area contributed by atoms with E-state index in [1.165, 1.54) is 0 Å². The van der Waals surface area contributed by atoms with Crippen molar-refractivity contribution in [2.24, 2.45) is 5.92 Å². The number of hydrogen-bond donors (Lipinski definition) is 0. The van der Waals surface area contributed by atoms with Crippen molar-refractivity contribution in [1.82, 2.24) is 0 Å². The average Bonchev–Trinajstić information content (AvgIpc) is 2.34. The highest BCUT2D eigenvalue weighted by molar-refractivity contribution is 5.16. The number of rotatable bonds is 1. The molecule has 0 unspecified atom stereocenters. The molecule has 1 aliphatic rings. The third-order valence-electron chi connectivity index (χ3n) is 2.14. The highest BCUT2D eigenvalue weighted by Gasteiger charge is 2.19. The topological polar surface area (TPSA) is 18.5 Å². The van der Waals surface area contributed by atoms with Crippen LogP contribution in [0.15, 0.2) is 30.3 Å². The Morgan fingerprint density at radius 3 is 2.07 bits per heavy atom. The monoisotopic (exact) mass is 208 g/mol. The molecule has 0 amide bonds. The summed E-state index contributed by atoms with van der Waals surface area (Å²) >= 11 is 0. The summed E-state index contributed by atoms with van der Waals surface area (Å²) in [6.07, 6.45) is -0.155. The van der Waals surface area contributed by atoms with Gasteiger partial charge < -0.3 is 9.47 Å². The van der Waals surface area contributed by atoms with Gasteiger partial charge in [0.25, 0.3) is 0 Å². The van der Waals surface area contributed by atoms with Crippen molar-refractivity contribution >= 4 is 0 Å². The fourth-order valence-corrected chi connectivity index (χ4v) is 1.40. The van der Waals surface area contributed by atoms with Crippen LogP contribution in [0.5, 0.6) is 0 Å². The Labute approximate surface area is 92.2 Å². The third kappa shape index (κ3) is 3.65. The lowest BCUT2D eigenvalue weighted by atomic mass is 10.1. The molecule has 0 bridgehead atoms. The Kier molecular flexibility index (Phi) is 5.37. The molecule has 1 saturated heterocycles. The second-order valence-corrected chi connectivity index (χ2v) is 3.51. The van der Waals surface area contributed by atoms with E-state index >= 15 is 0 Å². The van der Waals surface area contributed by atoms with Crippen molar-refractivity contribution in [2.75, 3.05) is 13.2 Å². The zero-order valence-electron chi connectivity index (χ0n) is 9.77. The molecule has 0 atom stereocenters. The predicted octanol–water partition coefficient (Wildman–Crippen LogP) is 3.39. The predicted molar refractivity (Wildman–Crippen MR) is 61.6 cm³/mol. The Hall–Kier alpha value is -0.860. The van der Waals surface area contributed by atoms with Crippen LogP contribution in [-0.2, 0) is 9.47 Å². The van der Waals surface area contributed by atoms with E-state index in [-0.39, 0.29) is 6.29 Å². The molecule has 0 saturated carbocycles. The number of benzene rings is 1. The SMILES string of the molecule is CC.CC1COC(c2ccccc2)OC1. The molecule has 1 fully saturated rings. The van der Waals surface area contributed by atoms with Crippen molar-refractivity contribution < 1.29 is 9.47 Å². The molecule has 15 heavy (non-hydrogen) atoms. The molecule has 0 spiro atoms. The van der Waals surface area contributed by atoms with Gasteiger partial charge in [0.05, 0.1) is 13.2 Å². The lowest BCUT2D eigenvalue weighted by molar-refractivity contribution is -0.202. The Morgan fingerprint density at radius 1 is 1.00 bits per heavy atom. The van der Waals surface area contributed by atoms with Gasteiger partial charge in [0, 0.05) is 11.5 Å². The first kappa shape index (κ1) is 12.2. The van der Waals surface area contributed by atoms with Gasteiger partial charge in [0.2, 0.25) is 0 Å². The van der Waals surface area contributed by atoms with Gasteiger partial charge in [-0.05, 0) is 0 Å². The number of ether oxygens (including phenoxy) is 2. The van der Waals surface area contributed by atoms with E-state index in [2.05, 4.69) is 6.92 Å². The zero-order valence-corrected chi connectivity index (χ0v) is 9.77. The maximum absolute atomic E-state index is 5.55. The van der Waals surface area contributed by atoms with Crippen LogP contribution in [0.3, 0.4) is 0 Å². The number of hydrogen-bond acceptors (Lipinski definition) is 2. The molecule has 2 nitrogen and oxygen atoms in total. The molecule has 0 radical (unpaired) electrons. The lowest BCUT2D eigenvalue weighted by Crippen LogP contribution is -2.24. The van der Waals surface area contributed by atoms with Crippen molar-refractivity contribution in [1.29, 1.82) is 0 Å². The molecular weight excluding hydrogens is 188 g/mol. The fourth-order valence-electron chi connectivity index (χ4n) is 1.40. The van der Waals surface area contributed by atoms with E-state index in [0.717, 1.165) is 18.8 Å². The molecule has 1 aliphatic heterocycles. The van der Waals surface area contributed by atoms with Gasteiger partial charge in [-0.15, -0.1) is 0 Å². The van der Waals surface area contributed by atoms with Gasteiger partial charge in [0.15, 0.2) is 6.29 Å². The smallest absolute Gasteiger partial charge is 0.183 e. The lowest BCUT2D eigenvalue weighted by Gasteiger charge is -2.27. The summed E-state index contributed by atoms with van der Waals surface area (Å²) in [5.41, 5.74) is 1.11. The van der Waals surface area contributed by atoms with Crippen LogP contribution >= 0.6 is 0 Å².